The van der Waals surface area contributed by atoms with Crippen molar-refractivity contribution < 1.29 is 19.1 Å². The molecule has 2 rings (SSSR count). The van der Waals surface area contributed by atoms with E-state index in [-0.39, 0.29) is 18.3 Å². The van der Waals surface area contributed by atoms with E-state index in [1.54, 1.807) is 6.07 Å². The molecule has 23 heavy (non-hydrogen) atoms. The number of anilines is 2. The number of aryl methyl sites for hydroxylation is 1. The molecular weight excluding hydrogens is 296 g/mol. The Morgan fingerprint density at radius 1 is 1.17 bits per heavy atom. The van der Waals surface area contributed by atoms with Crippen molar-refractivity contribution in [2.24, 2.45) is 0 Å². The summed E-state index contributed by atoms with van der Waals surface area (Å²) < 4.78 is 10.0. The first-order valence-corrected chi connectivity index (χ1v) is 6.97. The molecule has 0 spiro atoms. The second-order valence-electron chi connectivity index (χ2n) is 4.90. The van der Waals surface area contributed by atoms with E-state index in [1.165, 1.54) is 25.3 Å². The zero-order valence-electron chi connectivity index (χ0n) is 13.0. The normalized spacial score (nSPS) is 10.0. The number of nitrogens with two attached hydrogens (primary N) is 1. The minimum Gasteiger partial charge on any atom is -0.482 e. The highest BCUT2D eigenvalue weighted by Gasteiger charge is 2.11. The van der Waals surface area contributed by atoms with Gasteiger partial charge in [-0.1, -0.05) is 18.2 Å². The summed E-state index contributed by atoms with van der Waals surface area (Å²) in [6.45, 7) is 1.68. The lowest BCUT2D eigenvalue weighted by Gasteiger charge is -2.11. The van der Waals surface area contributed by atoms with E-state index in [2.05, 4.69) is 10.1 Å². The number of nitrogens with one attached hydrogen (secondary N) is 1. The molecule has 0 aliphatic heterocycles. The molecule has 6 heteroatoms. The van der Waals surface area contributed by atoms with E-state index in [9.17, 15) is 9.59 Å². The molecule has 0 saturated carbocycles. The monoisotopic (exact) mass is 314 g/mol. The standard InChI is InChI=1S/C17H18N2O4/c1-11-5-3-4-6-14(11)19-16(20)10-23-15-9-12(17(21)22-2)7-8-13(15)18/h3-9H,10,18H2,1-2H3,(H,19,20). The molecule has 0 radical (unpaired) electrons. The Kier molecular flexibility index (Phi) is 5.19. The van der Waals surface area contributed by atoms with Gasteiger partial charge < -0.3 is 20.5 Å². The van der Waals surface area contributed by atoms with Gasteiger partial charge in [0.15, 0.2) is 6.61 Å². The molecule has 0 fully saturated rings. The highest BCUT2D eigenvalue weighted by molar-refractivity contribution is 5.93. The molecule has 0 aliphatic rings. The van der Waals surface area contributed by atoms with Gasteiger partial charge in [-0.05, 0) is 36.8 Å². The van der Waals surface area contributed by atoms with Gasteiger partial charge in [0, 0.05) is 5.69 Å². The van der Waals surface area contributed by atoms with Crippen molar-refractivity contribution in [2.75, 3.05) is 24.8 Å². The van der Waals surface area contributed by atoms with Crippen LogP contribution in [0.3, 0.4) is 0 Å². The van der Waals surface area contributed by atoms with Gasteiger partial charge in [0.25, 0.3) is 5.91 Å². The molecule has 3 N–H and O–H groups in total. The molecule has 0 aliphatic carbocycles. The second kappa shape index (κ2) is 7.31. The highest BCUT2D eigenvalue weighted by atomic mass is 16.5. The van der Waals surface area contributed by atoms with Gasteiger partial charge in [0.05, 0.1) is 18.4 Å². The van der Waals surface area contributed by atoms with E-state index < -0.39 is 5.97 Å². The zero-order chi connectivity index (χ0) is 16.8. The van der Waals surface area contributed by atoms with Gasteiger partial charge in [-0.2, -0.15) is 0 Å². The number of ether oxygens (including phenoxy) is 2. The predicted octanol–water partition coefficient (Wildman–Crippen LogP) is 2.38. The topological polar surface area (TPSA) is 90.7 Å². The lowest BCUT2D eigenvalue weighted by molar-refractivity contribution is -0.118. The van der Waals surface area contributed by atoms with Gasteiger partial charge >= 0.3 is 5.97 Å². The average molecular weight is 314 g/mol. The number of hydrogen-bond donors (Lipinski definition) is 2. The molecule has 0 atom stereocenters. The quantitative estimate of drug-likeness (QED) is 0.653. The fourth-order valence-electron chi connectivity index (χ4n) is 1.95. The summed E-state index contributed by atoms with van der Waals surface area (Å²) in [6, 6.07) is 11.9. The van der Waals surface area contributed by atoms with Crippen molar-refractivity contribution in [3.8, 4) is 5.75 Å². The number of methoxy groups -OCH3 is 1. The number of carbonyl (C=O) groups excluding carboxylic acids is 2. The van der Waals surface area contributed by atoms with E-state index in [0.29, 0.717) is 11.3 Å². The Hall–Kier alpha value is -3.02. The minimum atomic E-state index is -0.501. The van der Waals surface area contributed by atoms with Crippen molar-refractivity contribution in [1.29, 1.82) is 0 Å². The number of esters is 1. The predicted molar refractivity (Wildman–Crippen MR) is 87.5 cm³/mol. The first-order valence-electron chi connectivity index (χ1n) is 6.97. The van der Waals surface area contributed by atoms with Crippen molar-refractivity contribution in [3.63, 3.8) is 0 Å². The third kappa shape index (κ3) is 4.23. The maximum Gasteiger partial charge on any atom is 0.337 e. The Morgan fingerprint density at radius 2 is 1.91 bits per heavy atom. The van der Waals surface area contributed by atoms with Crippen molar-refractivity contribution >= 4 is 23.3 Å². The number of para-hydroxylation sites is 1. The fraction of sp³-hybridized carbons (Fsp3) is 0.176. The van der Waals surface area contributed by atoms with Crippen LogP contribution >= 0.6 is 0 Å². The molecule has 2 aromatic carbocycles. The Morgan fingerprint density at radius 3 is 2.61 bits per heavy atom. The Labute approximate surface area is 134 Å². The first kappa shape index (κ1) is 16.4. The number of amides is 1. The smallest absolute Gasteiger partial charge is 0.337 e. The van der Waals surface area contributed by atoms with Crippen LogP contribution in [-0.4, -0.2) is 25.6 Å². The molecule has 120 valence electrons. The van der Waals surface area contributed by atoms with Crippen LogP contribution in [0, 0.1) is 6.92 Å². The summed E-state index contributed by atoms with van der Waals surface area (Å²) in [4.78, 5) is 23.5. The second-order valence-corrected chi connectivity index (χ2v) is 4.90. The van der Waals surface area contributed by atoms with Crippen LogP contribution in [0.1, 0.15) is 15.9 Å². The third-order valence-electron chi connectivity index (χ3n) is 3.21. The Bertz CT molecular complexity index is 728. The summed E-state index contributed by atoms with van der Waals surface area (Å²) >= 11 is 0. The molecule has 6 nitrogen and oxygen atoms in total. The fourth-order valence-corrected chi connectivity index (χ4v) is 1.95. The summed E-state index contributed by atoms with van der Waals surface area (Å²) in [6.07, 6.45) is 0. The van der Waals surface area contributed by atoms with Gasteiger partial charge in [0.1, 0.15) is 5.75 Å². The summed E-state index contributed by atoms with van der Waals surface area (Å²) in [5.74, 6) is -0.561. The lowest BCUT2D eigenvalue weighted by Crippen LogP contribution is -2.21. The number of rotatable bonds is 5. The summed E-state index contributed by atoms with van der Waals surface area (Å²) in [5.41, 5.74) is 8.09. The molecule has 0 saturated heterocycles. The highest BCUT2D eigenvalue weighted by Crippen LogP contribution is 2.23. The maximum atomic E-state index is 12.0. The van der Waals surface area contributed by atoms with Crippen LogP contribution in [0.15, 0.2) is 42.5 Å². The summed E-state index contributed by atoms with van der Waals surface area (Å²) in [7, 11) is 1.29. The Balaban J connectivity index is 2.01. The molecule has 0 unspecified atom stereocenters. The largest absolute Gasteiger partial charge is 0.482 e. The minimum absolute atomic E-state index is 0.219. The average Bonchev–Trinajstić information content (AvgIpc) is 2.55. The number of carbonyl (C=O) groups is 2. The van der Waals surface area contributed by atoms with E-state index >= 15 is 0 Å². The zero-order valence-corrected chi connectivity index (χ0v) is 13.0. The van der Waals surface area contributed by atoms with Gasteiger partial charge in [-0.15, -0.1) is 0 Å². The SMILES string of the molecule is COC(=O)c1ccc(N)c(OCC(=O)Nc2ccccc2C)c1. The van der Waals surface area contributed by atoms with Gasteiger partial charge in [-0.25, -0.2) is 4.79 Å². The van der Waals surface area contributed by atoms with E-state index in [0.717, 1.165) is 11.3 Å². The van der Waals surface area contributed by atoms with Crippen molar-refractivity contribution in [2.45, 2.75) is 6.92 Å². The van der Waals surface area contributed by atoms with Crippen LogP contribution in [0.4, 0.5) is 11.4 Å². The molecule has 0 aromatic heterocycles. The van der Waals surface area contributed by atoms with Crippen LogP contribution in [0.2, 0.25) is 0 Å². The first-order chi connectivity index (χ1) is 11.0. The van der Waals surface area contributed by atoms with E-state index in [1.807, 2.05) is 25.1 Å². The van der Waals surface area contributed by atoms with Gasteiger partial charge in [0.2, 0.25) is 0 Å². The van der Waals surface area contributed by atoms with Crippen molar-refractivity contribution in [1.82, 2.24) is 0 Å². The lowest BCUT2D eigenvalue weighted by atomic mass is 10.2. The number of benzene rings is 2. The number of nitrogen functional groups attached to an aromatic ring is 1. The van der Waals surface area contributed by atoms with Crippen LogP contribution in [0.25, 0.3) is 0 Å². The molecule has 1 amide bonds. The molecular formula is C17H18N2O4. The number of hydrogen-bond acceptors (Lipinski definition) is 5. The molecule has 0 heterocycles. The third-order valence-corrected chi connectivity index (χ3v) is 3.21. The van der Waals surface area contributed by atoms with Gasteiger partial charge in [-0.3, -0.25) is 4.79 Å². The maximum absolute atomic E-state index is 12.0. The van der Waals surface area contributed by atoms with Crippen molar-refractivity contribution in [3.05, 3.63) is 53.6 Å². The van der Waals surface area contributed by atoms with Crippen LogP contribution in [-0.2, 0) is 9.53 Å². The van der Waals surface area contributed by atoms with Crippen LogP contribution in [0.5, 0.6) is 5.75 Å². The van der Waals surface area contributed by atoms with Crippen LogP contribution < -0.4 is 15.8 Å². The molecule has 0 bridgehead atoms. The van der Waals surface area contributed by atoms with E-state index in [4.69, 9.17) is 10.5 Å². The summed E-state index contributed by atoms with van der Waals surface area (Å²) in [5, 5.41) is 2.75. The molecule has 2 aromatic rings.